The Morgan fingerprint density at radius 1 is 1.18 bits per heavy atom. The third-order valence-electron chi connectivity index (χ3n) is 7.86. The van der Waals surface area contributed by atoms with Crippen LogP contribution in [0, 0.1) is 17.3 Å². The Morgan fingerprint density at radius 3 is 2.64 bits per heavy atom. The van der Waals surface area contributed by atoms with Crippen LogP contribution in [-0.2, 0) is 10.3 Å². The van der Waals surface area contributed by atoms with Crippen molar-refractivity contribution in [2.75, 3.05) is 18.5 Å². The smallest absolute Gasteiger partial charge is 0.288 e. The fraction of sp³-hybridized carbons (Fsp3) is 0.542. The lowest BCUT2D eigenvalue weighted by Gasteiger charge is -2.62. The Bertz CT molecular complexity index is 1180. The van der Waals surface area contributed by atoms with Gasteiger partial charge in [0.05, 0.1) is 17.4 Å². The third kappa shape index (κ3) is 3.46. The van der Waals surface area contributed by atoms with Gasteiger partial charge < -0.3 is 24.7 Å². The van der Waals surface area contributed by atoms with Crippen molar-refractivity contribution >= 4 is 28.9 Å². The number of benzene rings is 1. The van der Waals surface area contributed by atoms with Gasteiger partial charge in [-0.2, -0.15) is 5.10 Å². The zero-order valence-corrected chi connectivity index (χ0v) is 18.9. The normalized spacial score (nSPS) is 31.4. The van der Waals surface area contributed by atoms with Crippen LogP contribution >= 0.6 is 11.6 Å². The van der Waals surface area contributed by atoms with Gasteiger partial charge in [-0.05, 0) is 74.3 Å². The summed E-state index contributed by atoms with van der Waals surface area (Å²) in [6.45, 7) is 1.000. The second-order valence-electron chi connectivity index (χ2n) is 10.3. The van der Waals surface area contributed by atoms with E-state index in [9.17, 15) is 14.7 Å². The number of rotatable bonds is 5. The minimum Gasteiger partial charge on any atom is -0.550 e. The average Bonchev–Trinajstić information content (AvgIpc) is 2.75. The molecule has 174 valence electrons. The first-order valence-corrected chi connectivity index (χ1v) is 11.9. The fourth-order valence-corrected chi connectivity index (χ4v) is 7.47. The van der Waals surface area contributed by atoms with Gasteiger partial charge in [-0.3, -0.25) is 4.79 Å². The molecule has 5 aliphatic rings. The van der Waals surface area contributed by atoms with Crippen molar-refractivity contribution in [2.24, 2.45) is 17.3 Å². The van der Waals surface area contributed by atoms with Gasteiger partial charge in [-0.25, -0.2) is 4.68 Å². The molecular weight excluding hydrogens is 446 g/mol. The van der Waals surface area contributed by atoms with Crippen LogP contribution in [0.4, 0.5) is 11.4 Å². The minimum atomic E-state index is -1.01. The monoisotopic (exact) mass is 470 g/mol. The number of hydrogen-bond acceptors (Lipinski definition) is 7. The molecule has 2 heterocycles. The van der Waals surface area contributed by atoms with E-state index in [4.69, 9.17) is 21.1 Å². The predicted octanol–water partition coefficient (Wildman–Crippen LogP) is 2.85. The molecule has 2 unspecified atom stereocenters. The van der Waals surface area contributed by atoms with E-state index in [0.717, 1.165) is 32.1 Å². The first kappa shape index (κ1) is 20.8. The van der Waals surface area contributed by atoms with Crippen molar-refractivity contribution in [1.82, 2.24) is 9.78 Å². The molecule has 4 atom stereocenters. The highest BCUT2D eigenvalue weighted by Crippen LogP contribution is 2.64. The molecule has 4 aliphatic carbocycles. The quantitative estimate of drug-likeness (QED) is 0.716. The lowest BCUT2D eigenvalue weighted by Crippen LogP contribution is -2.60. The molecule has 9 heteroatoms. The van der Waals surface area contributed by atoms with Crippen LogP contribution in [-0.4, -0.2) is 29.0 Å². The van der Waals surface area contributed by atoms with Crippen molar-refractivity contribution in [3.8, 4) is 11.5 Å². The highest BCUT2D eigenvalue weighted by atomic mass is 35.5. The van der Waals surface area contributed by atoms with Crippen LogP contribution in [0.1, 0.15) is 44.9 Å². The summed E-state index contributed by atoms with van der Waals surface area (Å²) in [5.74, 6) is 1.13. The number of ether oxygens (including phenoxy) is 2. The van der Waals surface area contributed by atoms with Crippen LogP contribution in [0.5, 0.6) is 11.5 Å². The summed E-state index contributed by atoms with van der Waals surface area (Å²) in [7, 11) is 0. The van der Waals surface area contributed by atoms with E-state index in [1.165, 1.54) is 0 Å². The number of carboxylic acid groups (broad SMARTS) is 1. The lowest BCUT2D eigenvalue weighted by atomic mass is 9.46. The molecule has 0 spiro atoms. The molecule has 0 radical (unpaired) electrons. The minimum absolute atomic E-state index is 0.0496. The zero-order valence-electron chi connectivity index (χ0n) is 18.1. The fourth-order valence-electron chi connectivity index (χ4n) is 7.30. The lowest BCUT2D eigenvalue weighted by molar-refractivity contribution is -0.310. The van der Waals surface area contributed by atoms with Gasteiger partial charge in [0.15, 0.2) is 11.5 Å². The molecular formula is C24H25ClN3O5-. The average molecular weight is 471 g/mol. The Balaban J connectivity index is 1.32. The number of nitrogens with one attached hydrogen (secondary N) is 1. The van der Waals surface area contributed by atoms with E-state index >= 15 is 0 Å². The summed E-state index contributed by atoms with van der Waals surface area (Å²) >= 11 is 6.55. The summed E-state index contributed by atoms with van der Waals surface area (Å²) in [4.78, 5) is 24.9. The molecule has 1 aromatic heterocycles. The highest BCUT2D eigenvalue weighted by molar-refractivity contribution is 6.33. The number of anilines is 2. The summed E-state index contributed by atoms with van der Waals surface area (Å²) in [5, 5.41) is 19.3. The van der Waals surface area contributed by atoms with Crippen LogP contribution in [0.15, 0.2) is 29.2 Å². The van der Waals surface area contributed by atoms with E-state index < -0.39 is 11.5 Å². The standard InChI is InChI=1S/C24H26ClN3O5/c25-21-17(27-16-1-2-18-19(6-16)33-4-3-32-18)12-26-28(22(21)31)24-9-14-5-15(10-24)8-23(7-14,13-24)11-20(29)30/h1-2,6,12,14-15,27H,3-5,7-11,13H2,(H,29,30)/p-1/t14-,15+,23?,24?. The molecule has 1 N–H and O–H groups in total. The van der Waals surface area contributed by atoms with Crippen molar-refractivity contribution in [2.45, 2.75) is 50.5 Å². The van der Waals surface area contributed by atoms with Gasteiger partial charge in [-0.1, -0.05) is 11.6 Å². The maximum Gasteiger partial charge on any atom is 0.288 e. The van der Waals surface area contributed by atoms with Gasteiger partial charge in [0.1, 0.15) is 18.2 Å². The molecule has 4 bridgehead atoms. The first-order chi connectivity index (χ1) is 15.8. The summed E-state index contributed by atoms with van der Waals surface area (Å²) in [5.41, 5.74) is 0.00497. The molecule has 0 amide bonds. The van der Waals surface area contributed by atoms with E-state index in [-0.39, 0.29) is 22.4 Å². The van der Waals surface area contributed by atoms with Crippen LogP contribution in [0.3, 0.4) is 0 Å². The topological polar surface area (TPSA) is 106 Å². The van der Waals surface area contributed by atoms with E-state index in [1.54, 1.807) is 16.9 Å². The molecule has 1 aromatic carbocycles. The number of carboxylic acids is 1. The van der Waals surface area contributed by atoms with Gasteiger partial charge >= 0.3 is 0 Å². The molecule has 0 saturated heterocycles. The summed E-state index contributed by atoms with van der Waals surface area (Å²) < 4.78 is 12.7. The summed E-state index contributed by atoms with van der Waals surface area (Å²) in [6, 6.07) is 5.45. The van der Waals surface area contributed by atoms with Crippen LogP contribution in [0.2, 0.25) is 5.02 Å². The molecule has 33 heavy (non-hydrogen) atoms. The van der Waals surface area contributed by atoms with Crippen molar-refractivity contribution in [1.29, 1.82) is 0 Å². The largest absolute Gasteiger partial charge is 0.550 e. The molecule has 8 nitrogen and oxygen atoms in total. The van der Waals surface area contributed by atoms with Gasteiger partial charge in [0.25, 0.3) is 5.56 Å². The SMILES string of the molecule is O=C([O-])CC12C[C@H]3C[C@@H](C1)CC(n1ncc(Nc4ccc5c(c4)OCCO5)c(Cl)c1=O)(C3)C2. The molecule has 1 aliphatic heterocycles. The van der Waals surface area contributed by atoms with E-state index in [2.05, 4.69) is 10.4 Å². The number of nitrogens with zero attached hydrogens (tertiary/aromatic N) is 2. The molecule has 7 rings (SSSR count). The maximum absolute atomic E-state index is 13.4. The number of carbonyl (C=O) groups excluding carboxylic acids is 1. The highest BCUT2D eigenvalue weighted by Gasteiger charge is 2.59. The number of aliphatic carboxylic acids is 1. The summed E-state index contributed by atoms with van der Waals surface area (Å²) in [6.07, 6.45) is 6.85. The maximum atomic E-state index is 13.4. The van der Waals surface area contributed by atoms with Gasteiger partial charge in [0.2, 0.25) is 0 Å². The Kier molecular flexibility index (Phi) is 4.66. The third-order valence-corrected chi connectivity index (χ3v) is 8.23. The molecule has 4 fully saturated rings. The Hall–Kier alpha value is -2.74. The predicted molar refractivity (Wildman–Crippen MR) is 119 cm³/mol. The number of aromatic nitrogens is 2. The number of halogens is 1. The van der Waals surface area contributed by atoms with Gasteiger partial charge in [-0.15, -0.1) is 0 Å². The van der Waals surface area contributed by atoms with Crippen LogP contribution in [0.25, 0.3) is 0 Å². The Morgan fingerprint density at radius 2 is 1.91 bits per heavy atom. The molecule has 2 aromatic rings. The van der Waals surface area contributed by atoms with E-state index in [1.807, 2.05) is 12.1 Å². The van der Waals surface area contributed by atoms with Crippen molar-refractivity contribution in [3.05, 3.63) is 39.8 Å². The molecule has 4 saturated carbocycles. The Labute approximate surface area is 195 Å². The van der Waals surface area contributed by atoms with E-state index in [0.29, 0.717) is 54.3 Å². The van der Waals surface area contributed by atoms with Crippen molar-refractivity contribution < 1.29 is 19.4 Å². The second-order valence-corrected chi connectivity index (χ2v) is 10.7. The number of hydrogen-bond donors (Lipinski definition) is 1. The van der Waals surface area contributed by atoms with Gasteiger partial charge in [0, 0.05) is 17.7 Å². The van der Waals surface area contributed by atoms with Crippen molar-refractivity contribution in [3.63, 3.8) is 0 Å². The number of fused-ring (bicyclic) bond motifs is 1. The first-order valence-electron chi connectivity index (χ1n) is 11.5. The number of carbonyl (C=O) groups is 1. The zero-order chi connectivity index (χ0) is 22.8. The second kappa shape index (κ2) is 7.38. The van der Waals surface area contributed by atoms with Crippen LogP contribution < -0.4 is 25.5 Å².